The van der Waals surface area contributed by atoms with E-state index in [1.807, 2.05) is 51.9 Å². The number of hydrogen-bond donors (Lipinski definition) is 3. The molecule has 0 spiro atoms. The van der Waals surface area contributed by atoms with Crippen molar-refractivity contribution < 1.29 is 23.9 Å². The number of H-pyrrole nitrogens is 2. The number of carbonyl (C=O) groups excluding carboxylic acids is 3. The maximum Gasteiger partial charge on any atom is 0.410 e. The molecule has 2 aromatic carbocycles. The fourth-order valence-electron chi connectivity index (χ4n) is 8.90. The molecule has 3 amide bonds. The summed E-state index contributed by atoms with van der Waals surface area (Å²) in [5.74, 6) is 1.38. The Hall–Kier alpha value is -5.13. The molecule has 2 saturated heterocycles. The number of carbonyl (C=O) groups is 3. The van der Waals surface area contributed by atoms with E-state index < -0.39 is 17.7 Å². The summed E-state index contributed by atoms with van der Waals surface area (Å²) in [6, 6.07) is 8.30. The van der Waals surface area contributed by atoms with E-state index >= 15 is 0 Å². The third kappa shape index (κ3) is 6.64. The van der Waals surface area contributed by atoms with Crippen LogP contribution in [0, 0.1) is 5.92 Å². The Morgan fingerprint density at radius 3 is 1.69 bits per heavy atom. The first-order chi connectivity index (χ1) is 25.9. The van der Waals surface area contributed by atoms with Gasteiger partial charge in [0.2, 0.25) is 5.91 Å². The van der Waals surface area contributed by atoms with Crippen molar-refractivity contribution in [2.45, 2.75) is 110 Å². The Morgan fingerprint density at radius 2 is 1.24 bits per heavy atom. The maximum atomic E-state index is 13.7. The second-order valence-corrected chi connectivity index (χ2v) is 16.6. The van der Waals surface area contributed by atoms with Crippen molar-refractivity contribution >= 4 is 18.1 Å². The number of likely N-dealkylation sites (tertiary alicyclic amines) is 2. The van der Waals surface area contributed by atoms with Gasteiger partial charge in [0.15, 0.2) is 0 Å². The Morgan fingerprint density at radius 1 is 0.778 bits per heavy atom. The molecule has 284 valence electrons. The van der Waals surface area contributed by atoms with E-state index in [2.05, 4.69) is 39.6 Å². The van der Waals surface area contributed by atoms with E-state index in [1.54, 1.807) is 4.90 Å². The standard InChI is InChI=1S/C42H51N7O5/c1-23(2)36(47-40(51)53-6)39(50)48-15-7-9-32(48)37-43-21-30(45-37)28-17-24-11-13-26-19-29(20-27-14-12-25(18-28)34(24)35(26)27)31-22-44-38(46-31)33-10-8-16-49(33)41(52)54-42(3,4)5/h17-23,32-33,36H,7-16H2,1-6H3,(H,43,45)(H,44,46)(H,47,51). The van der Waals surface area contributed by atoms with Gasteiger partial charge in [-0.2, -0.15) is 0 Å². The molecule has 54 heavy (non-hydrogen) atoms. The van der Waals surface area contributed by atoms with Crippen molar-refractivity contribution in [2.75, 3.05) is 20.2 Å². The van der Waals surface area contributed by atoms with Crippen LogP contribution in [0.2, 0.25) is 0 Å². The molecule has 2 aliphatic heterocycles. The number of rotatable bonds is 7. The van der Waals surface area contributed by atoms with Crippen LogP contribution in [-0.2, 0) is 40.0 Å². The summed E-state index contributed by atoms with van der Waals surface area (Å²) >= 11 is 0. The Kier molecular flexibility index (Phi) is 9.26. The second-order valence-electron chi connectivity index (χ2n) is 16.6. The molecular weight excluding hydrogens is 683 g/mol. The lowest BCUT2D eigenvalue weighted by Gasteiger charge is -2.30. The number of ether oxygens (including phenoxy) is 2. The van der Waals surface area contributed by atoms with Gasteiger partial charge in [0.05, 0.1) is 43.0 Å². The number of methoxy groups -OCH3 is 1. The minimum Gasteiger partial charge on any atom is -0.453 e. The SMILES string of the molecule is COC(=O)NC(C(=O)N1CCCC1c1ncc(-c2cc3c4c(c2)CCc2cc(-c5cnc(C6CCCN6C(=O)OC(C)(C)C)[nH]5)cc(c2-4)CC3)[nH]1)C(C)C. The zero-order valence-electron chi connectivity index (χ0n) is 32.2. The van der Waals surface area contributed by atoms with Gasteiger partial charge < -0.3 is 29.7 Å². The van der Waals surface area contributed by atoms with Crippen LogP contribution in [0.25, 0.3) is 33.6 Å². The van der Waals surface area contributed by atoms with Gasteiger partial charge in [0.25, 0.3) is 0 Å². The molecule has 0 bridgehead atoms. The lowest BCUT2D eigenvalue weighted by atomic mass is 9.74. The third-order valence-corrected chi connectivity index (χ3v) is 11.4. The van der Waals surface area contributed by atoms with E-state index in [-0.39, 0.29) is 30.0 Å². The molecule has 12 heteroatoms. The van der Waals surface area contributed by atoms with Crippen LogP contribution in [0.3, 0.4) is 0 Å². The van der Waals surface area contributed by atoms with Gasteiger partial charge in [-0.05, 0) is 136 Å². The molecule has 3 atom stereocenters. The molecular formula is C42H51N7O5. The van der Waals surface area contributed by atoms with Gasteiger partial charge >= 0.3 is 12.2 Å². The number of benzene rings is 2. The van der Waals surface area contributed by atoms with Crippen LogP contribution < -0.4 is 5.32 Å². The van der Waals surface area contributed by atoms with Gasteiger partial charge in [-0.3, -0.25) is 9.69 Å². The lowest BCUT2D eigenvalue weighted by Crippen LogP contribution is -2.51. The van der Waals surface area contributed by atoms with Crippen LogP contribution in [-0.4, -0.2) is 79.7 Å². The predicted octanol–water partition coefficient (Wildman–Crippen LogP) is 7.45. The monoisotopic (exact) mass is 733 g/mol. The number of aromatic amines is 2. The Balaban J connectivity index is 1.03. The predicted molar refractivity (Wildman–Crippen MR) is 205 cm³/mol. The van der Waals surface area contributed by atoms with E-state index in [4.69, 9.17) is 19.4 Å². The third-order valence-electron chi connectivity index (χ3n) is 11.4. The highest BCUT2D eigenvalue weighted by Gasteiger charge is 2.38. The Labute approximate surface area is 316 Å². The van der Waals surface area contributed by atoms with E-state index in [9.17, 15) is 14.4 Å². The van der Waals surface area contributed by atoms with Crippen molar-refractivity contribution in [2.24, 2.45) is 5.92 Å². The van der Waals surface area contributed by atoms with Gasteiger partial charge in [-0.25, -0.2) is 19.6 Å². The minimum absolute atomic E-state index is 0.0895. The number of aromatic nitrogens is 4. The molecule has 3 N–H and O–H groups in total. The first kappa shape index (κ1) is 35.9. The fourth-order valence-corrected chi connectivity index (χ4v) is 8.90. The summed E-state index contributed by atoms with van der Waals surface area (Å²) in [4.78, 5) is 59.0. The molecule has 4 heterocycles. The molecule has 4 aromatic rings. The van der Waals surface area contributed by atoms with Crippen LogP contribution in [0.5, 0.6) is 0 Å². The van der Waals surface area contributed by atoms with Gasteiger partial charge in [-0.15, -0.1) is 0 Å². The lowest BCUT2D eigenvalue weighted by molar-refractivity contribution is -0.135. The highest BCUT2D eigenvalue weighted by Crippen LogP contribution is 2.46. The van der Waals surface area contributed by atoms with Crippen molar-refractivity contribution in [3.05, 3.63) is 70.6 Å². The molecule has 4 aliphatic rings. The largest absolute Gasteiger partial charge is 0.453 e. The molecule has 0 saturated carbocycles. The normalized spacial score (nSPS) is 19.5. The fraction of sp³-hybridized carbons (Fsp3) is 0.500. The number of amides is 3. The topological polar surface area (TPSA) is 146 Å². The van der Waals surface area contributed by atoms with Crippen LogP contribution in [0.4, 0.5) is 9.59 Å². The molecule has 2 aliphatic carbocycles. The van der Waals surface area contributed by atoms with Crippen molar-refractivity contribution in [1.29, 1.82) is 0 Å². The number of imidazole rings is 2. The summed E-state index contributed by atoms with van der Waals surface area (Å²) in [6.07, 6.45) is 10.2. The van der Waals surface area contributed by atoms with E-state index in [0.29, 0.717) is 13.1 Å². The number of nitrogens with zero attached hydrogens (tertiary/aromatic N) is 4. The molecule has 12 nitrogen and oxygen atoms in total. The van der Waals surface area contributed by atoms with Crippen molar-refractivity contribution in [3.63, 3.8) is 0 Å². The highest BCUT2D eigenvalue weighted by molar-refractivity contribution is 5.87. The van der Waals surface area contributed by atoms with Gasteiger partial charge in [0.1, 0.15) is 23.3 Å². The number of hydrogen-bond acceptors (Lipinski definition) is 7. The summed E-state index contributed by atoms with van der Waals surface area (Å²) < 4.78 is 10.5. The van der Waals surface area contributed by atoms with Gasteiger partial charge in [-0.1, -0.05) is 13.8 Å². The van der Waals surface area contributed by atoms with E-state index in [1.165, 1.54) is 40.5 Å². The highest BCUT2D eigenvalue weighted by atomic mass is 16.6. The number of nitrogens with one attached hydrogen (secondary N) is 3. The Bertz CT molecular complexity index is 2060. The summed E-state index contributed by atoms with van der Waals surface area (Å²) in [6.45, 7) is 10.8. The van der Waals surface area contributed by atoms with Gasteiger partial charge in [0, 0.05) is 24.2 Å². The minimum atomic E-state index is -0.671. The summed E-state index contributed by atoms with van der Waals surface area (Å²) in [7, 11) is 1.31. The van der Waals surface area contributed by atoms with Crippen molar-refractivity contribution in [1.82, 2.24) is 35.1 Å². The van der Waals surface area contributed by atoms with Crippen LogP contribution >= 0.6 is 0 Å². The molecule has 2 aromatic heterocycles. The quantitative estimate of drug-likeness (QED) is 0.179. The molecule has 0 radical (unpaired) electrons. The first-order valence-corrected chi connectivity index (χ1v) is 19.5. The first-order valence-electron chi connectivity index (χ1n) is 19.5. The average molecular weight is 734 g/mol. The smallest absolute Gasteiger partial charge is 0.410 e. The van der Waals surface area contributed by atoms with Crippen LogP contribution in [0.1, 0.15) is 106 Å². The van der Waals surface area contributed by atoms with Crippen molar-refractivity contribution in [3.8, 4) is 33.6 Å². The second kappa shape index (κ2) is 13.9. The van der Waals surface area contributed by atoms with E-state index in [0.717, 1.165) is 85.5 Å². The number of aryl methyl sites for hydroxylation is 4. The summed E-state index contributed by atoms with van der Waals surface area (Å²) in [5, 5.41) is 2.73. The average Bonchev–Trinajstić information content (AvgIpc) is 3.97. The summed E-state index contributed by atoms with van der Waals surface area (Å²) in [5.41, 5.74) is 11.8. The zero-order valence-corrected chi connectivity index (χ0v) is 32.2. The molecule has 2 fully saturated rings. The van der Waals surface area contributed by atoms with Crippen LogP contribution in [0.15, 0.2) is 36.7 Å². The molecule has 3 unspecified atom stereocenters. The molecule has 8 rings (SSSR count). The maximum absolute atomic E-state index is 13.7. The number of alkyl carbamates (subject to hydrolysis) is 1. The zero-order chi connectivity index (χ0) is 37.9.